The number of hydrogen-bond donors (Lipinski definition) is 0. The van der Waals surface area contributed by atoms with Crippen LogP contribution in [0.4, 0.5) is 0 Å². The molecule has 0 aromatic carbocycles. The molecule has 70 valence electrons. The second-order valence-corrected chi connectivity index (χ2v) is 3.22. The summed E-state index contributed by atoms with van der Waals surface area (Å²) in [5, 5.41) is 0. The minimum absolute atomic E-state index is 0.0955. The molecule has 0 amide bonds. The van der Waals surface area contributed by atoms with Gasteiger partial charge in [-0.25, -0.2) is 0 Å². The van der Waals surface area contributed by atoms with Crippen molar-refractivity contribution in [2.24, 2.45) is 5.92 Å². The molecule has 0 aromatic heterocycles. The van der Waals surface area contributed by atoms with Crippen molar-refractivity contribution in [3.8, 4) is 0 Å². The standard InChI is InChI=1S/C9H16O3/c1-7(11-2)12-9(10)8-5-3-4-6-8/h7-8H,3-6H2,1-2H3. The van der Waals surface area contributed by atoms with Crippen molar-refractivity contribution in [3.05, 3.63) is 0 Å². The van der Waals surface area contributed by atoms with Gasteiger partial charge in [-0.15, -0.1) is 0 Å². The molecule has 3 nitrogen and oxygen atoms in total. The smallest absolute Gasteiger partial charge is 0.311 e. The topological polar surface area (TPSA) is 35.5 Å². The van der Waals surface area contributed by atoms with E-state index in [9.17, 15) is 4.79 Å². The van der Waals surface area contributed by atoms with E-state index in [1.165, 1.54) is 7.11 Å². The van der Waals surface area contributed by atoms with Crippen LogP contribution in [0.5, 0.6) is 0 Å². The van der Waals surface area contributed by atoms with Crippen LogP contribution >= 0.6 is 0 Å². The van der Waals surface area contributed by atoms with Crippen molar-refractivity contribution in [1.29, 1.82) is 0 Å². The first-order valence-electron chi connectivity index (χ1n) is 4.47. The highest BCUT2D eigenvalue weighted by Crippen LogP contribution is 2.26. The average molecular weight is 172 g/mol. The van der Waals surface area contributed by atoms with Gasteiger partial charge < -0.3 is 9.47 Å². The van der Waals surface area contributed by atoms with E-state index < -0.39 is 6.29 Å². The van der Waals surface area contributed by atoms with Gasteiger partial charge >= 0.3 is 5.97 Å². The molecule has 1 aliphatic rings. The van der Waals surface area contributed by atoms with E-state index in [1.807, 2.05) is 0 Å². The first-order chi connectivity index (χ1) is 5.74. The first kappa shape index (κ1) is 9.52. The molecule has 0 radical (unpaired) electrons. The predicted octanol–water partition coefficient (Wildman–Crippen LogP) is 1.71. The monoisotopic (exact) mass is 172 g/mol. The molecule has 0 heterocycles. The number of ether oxygens (including phenoxy) is 2. The summed E-state index contributed by atoms with van der Waals surface area (Å²) in [6, 6.07) is 0. The van der Waals surface area contributed by atoms with Crippen LogP contribution in [0.2, 0.25) is 0 Å². The van der Waals surface area contributed by atoms with E-state index in [-0.39, 0.29) is 11.9 Å². The van der Waals surface area contributed by atoms with Crippen LogP contribution in [0.3, 0.4) is 0 Å². The van der Waals surface area contributed by atoms with Crippen LogP contribution in [0.25, 0.3) is 0 Å². The second-order valence-electron chi connectivity index (χ2n) is 3.22. The highest BCUT2D eigenvalue weighted by Gasteiger charge is 2.25. The highest BCUT2D eigenvalue weighted by atomic mass is 16.7. The number of esters is 1. The van der Waals surface area contributed by atoms with Gasteiger partial charge in [0.2, 0.25) is 0 Å². The molecular weight excluding hydrogens is 156 g/mol. The van der Waals surface area contributed by atoms with Crippen molar-refractivity contribution in [3.63, 3.8) is 0 Å². The third-order valence-electron chi connectivity index (χ3n) is 2.30. The van der Waals surface area contributed by atoms with Crippen LogP contribution in [0, 0.1) is 5.92 Å². The Morgan fingerprint density at radius 3 is 2.50 bits per heavy atom. The molecule has 1 unspecified atom stereocenters. The van der Waals surface area contributed by atoms with Crippen molar-refractivity contribution in [1.82, 2.24) is 0 Å². The number of carbonyl (C=O) groups is 1. The predicted molar refractivity (Wildman–Crippen MR) is 44.5 cm³/mol. The Hall–Kier alpha value is -0.570. The Labute approximate surface area is 73.0 Å². The molecule has 0 bridgehead atoms. The van der Waals surface area contributed by atoms with Crippen LogP contribution in [-0.4, -0.2) is 19.4 Å². The maximum atomic E-state index is 11.3. The molecule has 0 aliphatic heterocycles. The number of hydrogen-bond acceptors (Lipinski definition) is 3. The quantitative estimate of drug-likeness (QED) is 0.480. The third kappa shape index (κ3) is 2.48. The van der Waals surface area contributed by atoms with Crippen molar-refractivity contribution < 1.29 is 14.3 Å². The Morgan fingerprint density at radius 1 is 1.42 bits per heavy atom. The maximum Gasteiger partial charge on any atom is 0.311 e. The zero-order valence-electron chi connectivity index (χ0n) is 7.71. The minimum atomic E-state index is -0.405. The van der Waals surface area contributed by atoms with Gasteiger partial charge in [0.05, 0.1) is 5.92 Å². The summed E-state index contributed by atoms with van der Waals surface area (Å²) < 4.78 is 9.86. The van der Waals surface area contributed by atoms with Gasteiger partial charge in [0.15, 0.2) is 6.29 Å². The van der Waals surface area contributed by atoms with Gasteiger partial charge in [0.25, 0.3) is 0 Å². The summed E-state index contributed by atoms with van der Waals surface area (Å²) in [5.41, 5.74) is 0. The van der Waals surface area contributed by atoms with Gasteiger partial charge in [-0.3, -0.25) is 4.79 Å². The summed E-state index contributed by atoms with van der Waals surface area (Å²) in [5.74, 6) is 0.0319. The van der Waals surface area contributed by atoms with Crippen LogP contribution in [-0.2, 0) is 14.3 Å². The minimum Gasteiger partial charge on any atom is -0.436 e. The number of rotatable bonds is 3. The largest absolute Gasteiger partial charge is 0.436 e. The van der Waals surface area contributed by atoms with Gasteiger partial charge in [0.1, 0.15) is 0 Å². The fraction of sp³-hybridized carbons (Fsp3) is 0.889. The fourth-order valence-electron chi connectivity index (χ4n) is 1.47. The number of methoxy groups -OCH3 is 1. The molecular formula is C9H16O3. The lowest BCUT2D eigenvalue weighted by molar-refractivity contribution is -0.174. The van der Waals surface area contributed by atoms with E-state index in [0.717, 1.165) is 25.7 Å². The summed E-state index contributed by atoms with van der Waals surface area (Å²) in [7, 11) is 1.53. The average Bonchev–Trinajstić information content (AvgIpc) is 2.56. The van der Waals surface area contributed by atoms with Gasteiger partial charge in [-0.1, -0.05) is 12.8 Å². The summed E-state index contributed by atoms with van der Waals surface area (Å²) >= 11 is 0. The Morgan fingerprint density at radius 2 is 2.00 bits per heavy atom. The second kappa shape index (κ2) is 4.45. The summed E-state index contributed by atoms with van der Waals surface area (Å²) in [6.45, 7) is 1.73. The van der Waals surface area contributed by atoms with Gasteiger partial charge in [0, 0.05) is 7.11 Å². The van der Waals surface area contributed by atoms with Crippen molar-refractivity contribution >= 4 is 5.97 Å². The van der Waals surface area contributed by atoms with E-state index >= 15 is 0 Å². The molecule has 1 fully saturated rings. The number of carbonyl (C=O) groups excluding carboxylic acids is 1. The van der Waals surface area contributed by atoms with Crippen molar-refractivity contribution in [2.45, 2.75) is 38.9 Å². The zero-order valence-corrected chi connectivity index (χ0v) is 7.71. The summed E-state index contributed by atoms with van der Waals surface area (Å²) in [6.07, 6.45) is 3.87. The fourth-order valence-corrected chi connectivity index (χ4v) is 1.47. The van der Waals surface area contributed by atoms with E-state index in [0.29, 0.717) is 0 Å². The lowest BCUT2D eigenvalue weighted by Gasteiger charge is -2.14. The maximum absolute atomic E-state index is 11.3. The lowest BCUT2D eigenvalue weighted by Crippen LogP contribution is -2.21. The van der Waals surface area contributed by atoms with Gasteiger partial charge in [-0.2, -0.15) is 0 Å². The Bertz CT molecular complexity index is 150. The van der Waals surface area contributed by atoms with Crippen molar-refractivity contribution in [2.75, 3.05) is 7.11 Å². The molecule has 3 heteroatoms. The Kier molecular flexibility index (Phi) is 3.53. The molecule has 1 atom stereocenters. The van der Waals surface area contributed by atoms with E-state index in [2.05, 4.69) is 0 Å². The first-order valence-corrected chi connectivity index (χ1v) is 4.47. The molecule has 12 heavy (non-hydrogen) atoms. The van der Waals surface area contributed by atoms with Crippen LogP contribution in [0.15, 0.2) is 0 Å². The molecule has 1 rings (SSSR count). The van der Waals surface area contributed by atoms with Gasteiger partial charge in [-0.05, 0) is 19.8 Å². The highest BCUT2D eigenvalue weighted by molar-refractivity contribution is 5.72. The molecule has 0 N–H and O–H groups in total. The molecule has 1 saturated carbocycles. The molecule has 0 spiro atoms. The van der Waals surface area contributed by atoms with E-state index in [4.69, 9.17) is 9.47 Å². The SMILES string of the molecule is COC(C)OC(=O)C1CCCC1. The zero-order chi connectivity index (χ0) is 8.97. The van der Waals surface area contributed by atoms with Crippen LogP contribution in [0.1, 0.15) is 32.6 Å². The Balaban J connectivity index is 2.27. The van der Waals surface area contributed by atoms with Crippen LogP contribution < -0.4 is 0 Å². The molecule has 0 saturated heterocycles. The summed E-state index contributed by atoms with van der Waals surface area (Å²) in [4.78, 5) is 11.3. The normalized spacial score (nSPS) is 20.8. The third-order valence-corrected chi connectivity index (χ3v) is 2.30. The lowest BCUT2D eigenvalue weighted by atomic mass is 10.1. The molecule has 0 aromatic rings. The van der Waals surface area contributed by atoms with E-state index in [1.54, 1.807) is 6.92 Å². The molecule has 1 aliphatic carbocycles.